The van der Waals surface area contributed by atoms with Gasteiger partial charge in [0.05, 0.1) is 0 Å². The molecule has 1 amide bonds. The molecule has 0 heterocycles. The lowest BCUT2D eigenvalue weighted by atomic mass is 10.1. The molecule has 0 aliphatic heterocycles. The van der Waals surface area contributed by atoms with Gasteiger partial charge in [0.2, 0.25) is 0 Å². The normalized spacial score (nSPS) is 9.85. The molecule has 0 bridgehead atoms. The topological polar surface area (TPSA) is 58.4 Å². The van der Waals surface area contributed by atoms with Crippen molar-refractivity contribution >= 4 is 34.6 Å². The van der Waals surface area contributed by atoms with E-state index in [9.17, 15) is 4.79 Å². The molecule has 0 saturated heterocycles. The number of rotatable bonds is 3. The molecule has 0 fully saturated rings. The highest BCUT2D eigenvalue weighted by molar-refractivity contribution is 7.80. The van der Waals surface area contributed by atoms with Gasteiger partial charge in [0, 0.05) is 24.0 Å². The fourth-order valence-electron chi connectivity index (χ4n) is 1.83. The van der Waals surface area contributed by atoms with Crippen LogP contribution in [0.25, 0.3) is 0 Å². The fourth-order valence-corrected chi connectivity index (χ4v) is 1.95. The van der Waals surface area contributed by atoms with Crippen molar-refractivity contribution in [2.75, 3.05) is 17.3 Å². The zero-order valence-corrected chi connectivity index (χ0v) is 11.9. The molecular formula is C15H15N3OS. The maximum absolute atomic E-state index is 12.4. The number of hydrogen-bond donors (Lipinski definition) is 2. The Morgan fingerprint density at radius 3 is 2.50 bits per heavy atom. The molecule has 0 saturated carbocycles. The second-order valence-corrected chi connectivity index (χ2v) is 4.71. The van der Waals surface area contributed by atoms with Crippen molar-refractivity contribution in [1.29, 1.82) is 0 Å². The Morgan fingerprint density at radius 2 is 1.85 bits per heavy atom. The van der Waals surface area contributed by atoms with Gasteiger partial charge in [-0.25, -0.2) is 0 Å². The highest BCUT2D eigenvalue weighted by atomic mass is 32.1. The van der Waals surface area contributed by atoms with E-state index in [1.54, 1.807) is 36.2 Å². The number of carbonyl (C=O) groups excluding carboxylic acids is 1. The van der Waals surface area contributed by atoms with E-state index < -0.39 is 0 Å². The molecule has 0 aliphatic rings. The molecule has 2 aromatic rings. The van der Waals surface area contributed by atoms with E-state index in [0.717, 1.165) is 5.69 Å². The highest BCUT2D eigenvalue weighted by Gasteiger charge is 2.13. The number of benzene rings is 2. The predicted octanol–water partition coefficient (Wildman–Crippen LogP) is 2.62. The van der Waals surface area contributed by atoms with Crippen LogP contribution in [0.3, 0.4) is 0 Å². The summed E-state index contributed by atoms with van der Waals surface area (Å²) in [4.78, 5) is 14.0. The minimum atomic E-state index is -0.0946. The molecule has 0 atom stereocenters. The lowest BCUT2D eigenvalue weighted by Crippen LogP contribution is -2.26. The minimum absolute atomic E-state index is 0.0946. The van der Waals surface area contributed by atoms with E-state index in [1.165, 1.54) is 0 Å². The maximum atomic E-state index is 12.4. The van der Waals surface area contributed by atoms with E-state index in [2.05, 4.69) is 5.32 Å². The van der Waals surface area contributed by atoms with Crippen molar-refractivity contribution in [2.24, 2.45) is 5.73 Å². The van der Waals surface area contributed by atoms with Crippen LogP contribution in [0, 0.1) is 0 Å². The van der Waals surface area contributed by atoms with Crippen LogP contribution in [0.4, 0.5) is 11.4 Å². The smallest absolute Gasteiger partial charge is 0.258 e. The SMILES string of the molecule is CN(C(=O)c1cccc(NC(N)=S)c1)c1ccccc1. The van der Waals surface area contributed by atoms with Gasteiger partial charge in [-0.05, 0) is 42.5 Å². The number of anilines is 2. The minimum Gasteiger partial charge on any atom is -0.376 e. The van der Waals surface area contributed by atoms with Crippen molar-refractivity contribution in [1.82, 2.24) is 0 Å². The fraction of sp³-hybridized carbons (Fsp3) is 0.0667. The van der Waals surface area contributed by atoms with Gasteiger partial charge in [-0.1, -0.05) is 24.3 Å². The Labute approximate surface area is 123 Å². The first-order chi connectivity index (χ1) is 9.58. The van der Waals surface area contributed by atoms with Gasteiger partial charge in [-0.2, -0.15) is 0 Å². The van der Waals surface area contributed by atoms with Gasteiger partial charge in [-0.3, -0.25) is 4.79 Å². The summed E-state index contributed by atoms with van der Waals surface area (Å²) in [5, 5.41) is 2.99. The van der Waals surface area contributed by atoms with Crippen LogP contribution < -0.4 is 16.0 Å². The average Bonchev–Trinajstić information content (AvgIpc) is 2.46. The van der Waals surface area contributed by atoms with Gasteiger partial charge in [0.1, 0.15) is 0 Å². The highest BCUT2D eigenvalue weighted by Crippen LogP contribution is 2.17. The summed E-state index contributed by atoms with van der Waals surface area (Å²) in [5.41, 5.74) is 7.53. The second-order valence-electron chi connectivity index (χ2n) is 4.27. The maximum Gasteiger partial charge on any atom is 0.258 e. The Bertz CT molecular complexity index is 628. The summed E-state index contributed by atoms with van der Waals surface area (Å²) in [6, 6.07) is 16.5. The van der Waals surface area contributed by atoms with Gasteiger partial charge in [0.25, 0.3) is 5.91 Å². The molecule has 20 heavy (non-hydrogen) atoms. The Balaban J connectivity index is 2.23. The molecular weight excluding hydrogens is 270 g/mol. The molecule has 5 heteroatoms. The number of nitrogens with one attached hydrogen (secondary N) is 1. The lowest BCUT2D eigenvalue weighted by Gasteiger charge is -2.17. The van der Waals surface area contributed by atoms with Crippen LogP contribution in [-0.4, -0.2) is 18.1 Å². The second kappa shape index (κ2) is 6.16. The molecule has 2 aromatic carbocycles. The average molecular weight is 285 g/mol. The van der Waals surface area contributed by atoms with Crippen LogP contribution in [0.5, 0.6) is 0 Å². The van der Waals surface area contributed by atoms with E-state index in [0.29, 0.717) is 11.3 Å². The summed E-state index contributed by atoms with van der Waals surface area (Å²) in [6.07, 6.45) is 0. The molecule has 2 rings (SSSR count). The van der Waals surface area contributed by atoms with Crippen LogP contribution in [0.1, 0.15) is 10.4 Å². The number of nitrogens with zero attached hydrogens (tertiary/aromatic N) is 1. The summed E-state index contributed by atoms with van der Waals surface area (Å²) in [7, 11) is 1.74. The molecule has 0 radical (unpaired) electrons. The van der Waals surface area contributed by atoms with Gasteiger partial charge >= 0.3 is 0 Å². The molecule has 0 spiro atoms. The van der Waals surface area contributed by atoms with E-state index in [-0.39, 0.29) is 11.0 Å². The summed E-state index contributed by atoms with van der Waals surface area (Å²) >= 11 is 4.79. The largest absolute Gasteiger partial charge is 0.376 e. The van der Waals surface area contributed by atoms with E-state index in [4.69, 9.17) is 18.0 Å². The Kier molecular flexibility index (Phi) is 4.32. The molecule has 0 aromatic heterocycles. The van der Waals surface area contributed by atoms with Crippen molar-refractivity contribution < 1.29 is 4.79 Å². The van der Waals surface area contributed by atoms with Crippen molar-refractivity contribution in [3.05, 3.63) is 60.2 Å². The Morgan fingerprint density at radius 1 is 1.15 bits per heavy atom. The molecule has 3 N–H and O–H groups in total. The van der Waals surface area contributed by atoms with Crippen LogP contribution >= 0.6 is 12.2 Å². The molecule has 0 aliphatic carbocycles. The number of para-hydroxylation sites is 1. The summed E-state index contributed by atoms with van der Waals surface area (Å²) in [6.45, 7) is 0. The van der Waals surface area contributed by atoms with Gasteiger partial charge in [-0.15, -0.1) is 0 Å². The zero-order valence-electron chi connectivity index (χ0n) is 11.0. The predicted molar refractivity (Wildman–Crippen MR) is 86.0 cm³/mol. The van der Waals surface area contributed by atoms with Crippen LogP contribution in [0.15, 0.2) is 54.6 Å². The zero-order chi connectivity index (χ0) is 14.5. The Hall–Kier alpha value is -2.40. The first-order valence-corrected chi connectivity index (χ1v) is 6.48. The van der Waals surface area contributed by atoms with E-state index in [1.807, 2.05) is 30.3 Å². The number of hydrogen-bond acceptors (Lipinski definition) is 2. The van der Waals surface area contributed by atoms with Crippen molar-refractivity contribution in [2.45, 2.75) is 0 Å². The summed E-state index contributed by atoms with van der Waals surface area (Å²) in [5.74, 6) is -0.0946. The van der Waals surface area contributed by atoms with Crippen LogP contribution in [0.2, 0.25) is 0 Å². The third kappa shape index (κ3) is 3.33. The van der Waals surface area contributed by atoms with Crippen molar-refractivity contribution in [3.8, 4) is 0 Å². The number of thiocarbonyl (C=S) groups is 1. The first-order valence-electron chi connectivity index (χ1n) is 6.07. The first kappa shape index (κ1) is 14.0. The van der Waals surface area contributed by atoms with Gasteiger partial charge in [0.15, 0.2) is 5.11 Å². The number of amides is 1. The third-order valence-corrected chi connectivity index (χ3v) is 2.93. The molecule has 4 nitrogen and oxygen atoms in total. The quantitative estimate of drug-likeness (QED) is 0.851. The lowest BCUT2D eigenvalue weighted by molar-refractivity contribution is 0.0993. The number of nitrogens with two attached hydrogens (primary N) is 1. The third-order valence-electron chi connectivity index (χ3n) is 2.83. The van der Waals surface area contributed by atoms with Crippen molar-refractivity contribution in [3.63, 3.8) is 0 Å². The number of carbonyl (C=O) groups is 1. The van der Waals surface area contributed by atoms with E-state index >= 15 is 0 Å². The van der Waals surface area contributed by atoms with Crippen LogP contribution in [-0.2, 0) is 0 Å². The molecule has 0 unspecified atom stereocenters. The summed E-state index contributed by atoms with van der Waals surface area (Å²) < 4.78 is 0. The standard InChI is InChI=1S/C15H15N3OS/c1-18(13-8-3-2-4-9-13)14(19)11-6-5-7-12(10-11)17-15(16)20/h2-10H,1H3,(H3,16,17,20). The monoisotopic (exact) mass is 285 g/mol. The molecule has 102 valence electrons. The van der Waals surface area contributed by atoms with Gasteiger partial charge < -0.3 is 16.0 Å².